The van der Waals surface area contributed by atoms with Crippen molar-refractivity contribution >= 4 is 17.3 Å². The lowest BCUT2D eigenvalue weighted by atomic mass is 10.2. The normalized spacial score (nSPS) is 9.88. The van der Waals surface area contributed by atoms with E-state index in [0.717, 1.165) is 18.8 Å². The van der Waals surface area contributed by atoms with Crippen molar-refractivity contribution in [3.63, 3.8) is 0 Å². The van der Waals surface area contributed by atoms with Crippen LogP contribution in [0, 0.1) is 11.3 Å². The molecule has 0 saturated carbocycles. The highest BCUT2D eigenvalue weighted by Gasteiger charge is 2.00. The van der Waals surface area contributed by atoms with Crippen LogP contribution >= 0.6 is 11.6 Å². The van der Waals surface area contributed by atoms with Crippen LogP contribution in [0.4, 0.5) is 5.69 Å². The van der Waals surface area contributed by atoms with Crippen molar-refractivity contribution in [1.82, 2.24) is 9.55 Å². The van der Waals surface area contributed by atoms with Crippen molar-refractivity contribution in [2.24, 2.45) is 0 Å². The molecule has 1 heterocycles. The number of imidazole rings is 1. The monoisotopic (exact) mass is 246 g/mol. The SMILES string of the molecule is N#Cc1ccc(NCCn2ccnc2)c(Cl)c1. The molecule has 0 spiro atoms. The van der Waals surface area contributed by atoms with E-state index in [9.17, 15) is 0 Å². The molecule has 0 saturated heterocycles. The van der Waals surface area contributed by atoms with Gasteiger partial charge in [-0.05, 0) is 18.2 Å². The van der Waals surface area contributed by atoms with E-state index in [0.29, 0.717) is 10.6 Å². The molecule has 0 fully saturated rings. The molecule has 2 aromatic rings. The summed E-state index contributed by atoms with van der Waals surface area (Å²) < 4.78 is 1.98. The molecule has 0 aliphatic rings. The van der Waals surface area contributed by atoms with Gasteiger partial charge in [-0.25, -0.2) is 4.98 Å². The fourth-order valence-corrected chi connectivity index (χ4v) is 1.71. The zero-order valence-corrected chi connectivity index (χ0v) is 9.85. The van der Waals surface area contributed by atoms with Gasteiger partial charge in [-0.2, -0.15) is 5.26 Å². The van der Waals surface area contributed by atoms with Gasteiger partial charge >= 0.3 is 0 Å². The molecular formula is C12H11ClN4. The summed E-state index contributed by atoms with van der Waals surface area (Å²) in [6.07, 6.45) is 5.42. The molecule has 0 aliphatic heterocycles. The maximum atomic E-state index is 8.71. The standard InChI is InChI=1S/C12H11ClN4/c13-11-7-10(8-14)1-2-12(11)16-4-6-17-5-3-15-9-17/h1-3,5,7,9,16H,4,6H2. The third-order valence-electron chi connectivity index (χ3n) is 2.34. The first-order valence-electron chi connectivity index (χ1n) is 5.19. The summed E-state index contributed by atoms with van der Waals surface area (Å²) in [7, 11) is 0. The van der Waals surface area contributed by atoms with E-state index in [1.807, 2.05) is 22.9 Å². The van der Waals surface area contributed by atoms with E-state index in [2.05, 4.69) is 10.3 Å². The molecule has 1 aromatic heterocycles. The summed E-state index contributed by atoms with van der Waals surface area (Å²) in [6, 6.07) is 7.26. The highest BCUT2D eigenvalue weighted by molar-refractivity contribution is 6.33. The Kier molecular flexibility index (Phi) is 3.63. The molecule has 1 aromatic carbocycles. The topological polar surface area (TPSA) is 53.6 Å². The Morgan fingerprint density at radius 1 is 1.47 bits per heavy atom. The number of hydrogen-bond donors (Lipinski definition) is 1. The van der Waals surface area contributed by atoms with Crippen LogP contribution in [0.5, 0.6) is 0 Å². The quantitative estimate of drug-likeness (QED) is 0.902. The van der Waals surface area contributed by atoms with E-state index >= 15 is 0 Å². The summed E-state index contributed by atoms with van der Waals surface area (Å²) in [5.41, 5.74) is 1.40. The van der Waals surface area contributed by atoms with E-state index in [-0.39, 0.29) is 0 Å². The first-order valence-corrected chi connectivity index (χ1v) is 5.56. The van der Waals surface area contributed by atoms with Crippen LogP contribution in [0.25, 0.3) is 0 Å². The molecule has 0 unspecified atom stereocenters. The molecule has 86 valence electrons. The number of nitriles is 1. The predicted molar refractivity (Wildman–Crippen MR) is 66.9 cm³/mol. The first-order chi connectivity index (χ1) is 8.29. The third-order valence-corrected chi connectivity index (χ3v) is 2.66. The highest BCUT2D eigenvalue weighted by Crippen LogP contribution is 2.22. The number of nitrogens with zero attached hydrogens (tertiary/aromatic N) is 3. The number of halogens is 1. The Morgan fingerprint density at radius 3 is 3.00 bits per heavy atom. The molecule has 2 rings (SSSR count). The first kappa shape index (κ1) is 11.5. The average Bonchev–Trinajstić information content (AvgIpc) is 2.84. The van der Waals surface area contributed by atoms with Crippen molar-refractivity contribution in [2.75, 3.05) is 11.9 Å². The molecule has 0 aliphatic carbocycles. The number of benzene rings is 1. The number of nitrogens with one attached hydrogen (secondary N) is 1. The Hall–Kier alpha value is -1.99. The van der Waals surface area contributed by atoms with Gasteiger partial charge in [0.1, 0.15) is 0 Å². The maximum Gasteiger partial charge on any atom is 0.0992 e. The second-order valence-electron chi connectivity index (χ2n) is 3.53. The summed E-state index contributed by atoms with van der Waals surface area (Å²) in [6.45, 7) is 1.57. The Balaban J connectivity index is 1.93. The van der Waals surface area contributed by atoms with Crippen LogP contribution in [-0.2, 0) is 6.54 Å². The van der Waals surface area contributed by atoms with E-state index < -0.39 is 0 Å². The van der Waals surface area contributed by atoms with Crippen LogP contribution in [-0.4, -0.2) is 16.1 Å². The molecule has 0 bridgehead atoms. The van der Waals surface area contributed by atoms with Gasteiger partial charge in [-0.15, -0.1) is 0 Å². The Bertz CT molecular complexity index is 528. The van der Waals surface area contributed by atoms with Crippen LogP contribution < -0.4 is 5.32 Å². The lowest BCUT2D eigenvalue weighted by molar-refractivity contribution is 0.727. The van der Waals surface area contributed by atoms with Crippen molar-refractivity contribution in [3.05, 3.63) is 47.5 Å². The number of anilines is 1. The smallest absolute Gasteiger partial charge is 0.0992 e. The molecule has 0 atom stereocenters. The van der Waals surface area contributed by atoms with Crippen molar-refractivity contribution in [3.8, 4) is 6.07 Å². The van der Waals surface area contributed by atoms with Gasteiger partial charge in [0.2, 0.25) is 0 Å². The largest absolute Gasteiger partial charge is 0.382 e. The van der Waals surface area contributed by atoms with Crippen molar-refractivity contribution in [2.45, 2.75) is 6.54 Å². The minimum atomic E-state index is 0.565. The second-order valence-corrected chi connectivity index (χ2v) is 3.94. The minimum absolute atomic E-state index is 0.565. The fraction of sp³-hybridized carbons (Fsp3) is 0.167. The fourth-order valence-electron chi connectivity index (χ4n) is 1.47. The minimum Gasteiger partial charge on any atom is -0.382 e. The zero-order chi connectivity index (χ0) is 12.1. The molecule has 0 amide bonds. The number of aromatic nitrogens is 2. The summed E-state index contributed by atoms with van der Waals surface area (Å²) in [5.74, 6) is 0. The molecule has 17 heavy (non-hydrogen) atoms. The summed E-state index contributed by atoms with van der Waals surface area (Å²) in [4.78, 5) is 3.96. The van der Waals surface area contributed by atoms with Gasteiger partial charge in [0.25, 0.3) is 0 Å². The van der Waals surface area contributed by atoms with Gasteiger partial charge in [0.15, 0.2) is 0 Å². The number of rotatable bonds is 4. The van der Waals surface area contributed by atoms with Gasteiger partial charge in [-0.3, -0.25) is 0 Å². The van der Waals surface area contributed by atoms with E-state index in [1.54, 1.807) is 24.7 Å². The Morgan fingerprint density at radius 2 is 2.35 bits per heavy atom. The lowest BCUT2D eigenvalue weighted by Gasteiger charge is -2.08. The molecule has 4 nitrogen and oxygen atoms in total. The molecule has 5 heteroatoms. The van der Waals surface area contributed by atoms with Crippen molar-refractivity contribution in [1.29, 1.82) is 5.26 Å². The summed E-state index contributed by atoms with van der Waals surface area (Å²) >= 11 is 6.04. The highest BCUT2D eigenvalue weighted by atomic mass is 35.5. The van der Waals surface area contributed by atoms with Crippen LogP contribution in [0.1, 0.15) is 5.56 Å². The van der Waals surface area contributed by atoms with E-state index in [1.165, 1.54) is 0 Å². The van der Waals surface area contributed by atoms with Crippen LogP contribution in [0.15, 0.2) is 36.9 Å². The predicted octanol–water partition coefficient (Wildman–Crippen LogP) is 2.52. The molecule has 0 radical (unpaired) electrons. The lowest BCUT2D eigenvalue weighted by Crippen LogP contribution is -2.09. The van der Waals surface area contributed by atoms with Crippen molar-refractivity contribution < 1.29 is 0 Å². The molecular weight excluding hydrogens is 236 g/mol. The van der Waals surface area contributed by atoms with E-state index in [4.69, 9.17) is 16.9 Å². The maximum absolute atomic E-state index is 8.71. The number of hydrogen-bond acceptors (Lipinski definition) is 3. The Labute approximate surface area is 104 Å². The molecule has 1 N–H and O–H groups in total. The average molecular weight is 247 g/mol. The third kappa shape index (κ3) is 2.99. The van der Waals surface area contributed by atoms with Gasteiger partial charge < -0.3 is 9.88 Å². The van der Waals surface area contributed by atoms with Gasteiger partial charge in [-0.1, -0.05) is 11.6 Å². The van der Waals surface area contributed by atoms with Gasteiger partial charge in [0, 0.05) is 25.5 Å². The second kappa shape index (κ2) is 5.37. The zero-order valence-electron chi connectivity index (χ0n) is 9.10. The van der Waals surface area contributed by atoms with Crippen LogP contribution in [0.3, 0.4) is 0 Å². The summed E-state index contributed by atoms with van der Waals surface area (Å²) in [5, 5.41) is 12.5. The van der Waals surface area contributed by atoms with Crippen LogP contribution in [0.2, 0.25) is 5.02 Å². The van der Waals surface area contributed by atoms with Gasteiger partial charge in [0.05, 0.1) is 28.7 Å².